The highest BCUT2D eigenvalue weighted by Crippen LogP contribution is 2.19. The van der Waals surface area contributed by atoms with Crippen LogP contribution in [0.15, 0.2) is 43.0 Å². The molecule has 1 aromatic heterocycles. The van der Waals surface area contributed by atoms with Crippen molar-refractivity contribution < 1.29 is 4.79 Å². The number of hydrogen-bond donors (Lipinski definition) is 0. The van der Waals surface area contributed by atoms with Crippen molar-refractivity contribution in [2.24, 2.45) is 0 Å². The summed E-state index contributed by atoms with van der Waals surface area (Å²) in [5, 5.41) is 0. The fraction of sp³-hybridized carbons (Fsp3) is 0.333. The zero-order chi connectivity index (χ0) is 13.9. The molecule has 1 amide bonds. The van der Waals surface area contributed by atoms with E-state index in [-0.39, 0.29) is 5.91 Å². The summed E-state index contributed by atoms with van der Waals surface area (Å²) in [6.07, 6.45) is 5.50. The van der Waals surface area contributed by atoms with Crippen molar-refractivity contribution in [2.45, 2.75) is 6.92 Å². The van der Waals surface area contributed by atoms with Crippen LogP contribution in [-0.4, -0.2) is 46.5 Å². The first kappa shape index (κ1) is 12.7. The van der Waals surface area contributed by atoms with Gasteiger partial charge in [0.2, 0.25) is 5.91 Å². The van der Waals surface area contributed by atoms with Crippen molar-refractivity contribution in [1.82, 2.24) is 14.5 Å². The van der Waals surface area contributed by atoms with Crippen molar-refractivity contribution in [1.29, 1.82) is 0 Å². The molecule has 0 saturated carbocycles. The molecule has 0 atom stereocenters. The number of imidazole rings is 1. The van der Waals surface area contributed by atoms with Crippen molar-refractivity contribution in [3.63, 3.8) is 0 Å². The van der Waals surface area contributed by atoms with Crippen LogP contribution < -0.4 is 4.90 Å². The third-order valence-corrected chi connectivity index (χ3v) is 3.74. The number of amides is 1. The van der Waals surface area contributed by atoms with Crippen molar-refractivity contribution in [3.05, 3.63) is 43.0 Å². The third kappa shape index (κ3) is 2.52. The quantitative estimate of drug-likeness (QED) is 0.831. The highest BCUT2D eigenvalue weighted by atomic mass is 16.2. The van der Waals surface area contributed by atoms with E-state index in [1.165, 1.54) is 5.69 Å². The molecule has 1 aliphatic heterocycles. The van der Waals surface area contributed by atoms with Gasteiger partial charge >= 0.3 is 0 Å². The van der Waals surface area contributed by atoms with Crippen LogP contribution in [0.4, 0.5) is 5.69 Å². The molecule has 1 aromatic carbocycles. The van der Waals surface area contributed by atoms with Crippen LogP contribution in [-0.2, 0) is 4.79 Å². The lowest BCUT2D eigenvalue weighted by atomic mass is 10.2. The van der Waals surface area contributed by atoms with Gasteiger partial charge in [0.25, 0.3) is 0 Å². The predicted molar refractivity (Wildman–Crippen MR) is 78.0 cm³/mol. The zero-order valence-electron chi connectivity index (χ0n) is 11.6. The monoisotopic (exact) mass is 270 g/mol. The summed E-state index contributed by atoms with van der Waals surface area (Å²) in [6, 6.07) is 8.43. The Morgan fingerprint density at radius 1 is 1.05 bits per heavy atom. The number of benzene rings is 1. The molecule has 0 bridgehead atoms. The van der Waals surface area contributed by atoms with Gasteiger partial charge in [0.05, 0.1) is 6.33 Å². The molecule has 2 aromatic rings. The lowest BCUT2D eigenvalue weighted by Crippen LogP contribution is -2.48. The first-order valence-electron chi connectivity index (χ1n) is 6.83. The van der Waals surface area contributed by atoms with Crippen LogP contribution in [0, 0.1) is 0 Å². The van der Waals surface area contributed by atoms with Crippen molar-refractivity contribution in [2.75, 3.05) is 31.1 Å². The maximum atomic E-state index is 11.3. The Hall–Kier alpha value is -2.30. The number of aromatic nitrogens is 2. The highest BCUT2D eigenvalue weighted by Gasteiger charge is 2.18. The van der Waals surface area contributed by atoms with Gasteiger partial charge in [0, 0.05) is 56.9 Å². The van der Waals surface area contributed by atoms with Gasteiger partial charge in [-0.3, -0.25) is 4.79 Å². The van der Waals surface area contributed by atoms with Crippen LogP contribution in [0.3, 0.4) is 0 Å². The molecule has 5 nitrogen and oxygen atoms in total. The summed E-state index contributed by atoms with van der Waals surface area (Å²) in [6.45, 7) is 5.03. The maximum absolute atomic E-state index is 11.3. The van der Waals surface area contributed by atoms with E-state index in [9.17, 15) is 4.79 Å². The maximum Gasteiger partial charge on any atom is 0.219 e. The molecule has 5 heteroatoms. The molecule has 1 fully saturated rings. The van der Waals surface area contributed by atoms with Crippen LogP contribution in [0.1, 0.15) is 6.92 Å². The van der Waals surface area contributed by atoms with E-state index < -0.39 is 0 Å². The van der Waals surface area contributed by atoms with Gasteiger partial charge in [-0.1, -0.05) is 0 Å². The fourth-order valence-corrected chi connectivity index (χ4v) is 2.53. The van der Waals surface area contributed by atoms with Crippen molar-refractivity contribution >= 4 is 11.6 Å². The summed E-state index contributed by atoms with van der Waals surface area (Å²) < 4.78 is 1.98. The Morgan fingerprint density at radius 3 is 2.25 bits per heavy atom. The molecule has 2 heterocycles. The number of rotatable bonds is 2. The van der Waals surface area contributed by atoms with Gasteiger partial charge in [0.1, 0.15) is 0 Å². The molecule has 1 aliphatic rings. The lowest BCUT2D eigenvalue weighted by molar-refractivity contribution is -0.129. The summed E-state index contributed by atoms with van der Waals surface area (Å²) in [5.41, 5.74) is 2.31. The molecule has 0 radical (unpaired) electrons. The van der Waals surface area contributed by atoms with E-state index in [4.69, 9.17) is 0 Å². The molecule has 20 heavy (non-hydrogen) atoms. The first-order valence-corrected chi connectivity index (χ1v) is 6.83. The van der Waals surface area contributed by atoms with E-state index in [0.717, 1.165) is 31.9 Å². The molecule has 0 N–H and O–H groups in total. The Labute approximate surface area is 118 Å². The molecule has 1 saturated heterocycles. The second kappa shape index (κ2) is 5.36. The number of carbonyl (C=O) groups excluding carboxylic acids is 1. The predicted octanol–water partition coefficient (Wildman–Crippen LogP) is 1.54. The van der Waals surface area contributed by atoms with Crippen LogP contribution in [0.5, 0.6) is 0 Å². The summed E-state index contributed by atoms with van der Waals surface area (Å²) in [4.78, 5) is 19.6. The Balaban J connectivity index is 1.68. The van der Waals surface area contributed by atoms with Gasteiger partial charge in [0.15, 0.2) is 0 Å². The summed E-state index contributed by atoms with van der Waals surface area (Å²) >= 11 is 0. The van der Waals surface area contributed by atoms with E-state index in [1.807, 2.05) is 15.7 Å². The largest absolute Gasteiger partial charge is 0.368 e. The third-order valence-electron chi connectivity index (χ3n) is 3.74. The minimum absolute atomic E-state index is 0.167. The number of hydrogen-bond acceptors (Lipinski definition) is 3. The summed E-state index contributed by atoms with van der Waals surface area (Å²) in [5.74, 6) is 0.167. The molecular formula is C15H18N4O. The number of anilines is 1. The molecule has 0 unspecified atom stereocenters. The zero-order valence-corrected chi connectivity index (χ0v) is 11.6. The first-order chi connectivity index (χ1) is 9.74. The minimum atomic E-state index is 0.167. The standard InChI is InChI=1S/C15H18N4O/c1-13(20)17-8-10-18(11-9-17)14-2-4-15(5-3-14)19-7-6-16-12-19/h2-7,12H,8-11H2,1H3. The van der Waals surface area contributed by atoms with E-state index in [2.05, 4.69) is 34.1 Å². The van der Waals surface area contributed by atoms with Gasteiger partial charge < -0.3 is 14.4 Å². The SMILES string of the molecule is CC(=O)N1CCN(c2ccc(-n3ccnc3)cc2)CC1. The minimum Gasteiger partial charge on any atom is -0.368 e. The summed E-state index contributed by atoms with van der Waals surface area (Å²) in [7, 11) is 0. The molecule has 0 aliphatic carbocycles. The molecule has 0 spiro atoms. The van der Waals surface area contributed by atoms with Crippen LogP contribution >= 0.6 is 0 Å². The second-order valence-electron chi connectivity index (χ2n) is 4.98. The van der Waals surface area contributed by atoms with Gasteiger partial charge in [-0.15, -0.1) is 0 Å². The molecule has 104 valence electrons. The lowest BCUT2D eigenvalue weighted by Gasteiger charge is -2.35. The van der Waals surface area contributed by atoms with Crippen LogP contribution in [0.2, 0.25) is 0 Å². The Morgan fingerprint density at radius 2 is 1.70 bits per heavy atom. The molecule has 3 rings (SSSR count). The Kier molecular flexibility index (Phi) is 3.41. The van der Waals surface area contributed by atoms with Gasteiger partial charge in [-0.2, -0.15) is 0 Å². The van der Waals surface area contributed by atoms with Gasteiger partial charge in [-0.05, 0) is 24.3 Å². The number of nitrogens with zero attached hydrogens (tertiary/aromatic N) is 4. The normalized spacial score (nSPS) is 15.4. The molecular weight excluding hydrogens is 252 g/mol. The smallest absolute Gasteiger partial charge is 0.219 e. The number of carbonyl (C=O) groups is 1. The Bertz CT molecular complexity index is 568. The topological polar surface area (TPSA) is 41.4 Å². The van der Waals surface area contributed by atoms with E-state index >= 15 is 0 Å². The highest BCUT2D eigenvalue weighted by molar-refractivity contribution is 5.73. The fourth-order valence-electron chi connectivity index (χ4n) is 2.53. The van der Waals surface area contributed by atoms with E-state index in [1.54, 1.807) is 19.4 Å². The second-order valence-corrected chi connectivity index (χ2v) is 4.98. The van der Waals surface area contributed by atoms with Crippen molar-refractivity contribution in [3.8, 4) is 5.69 Å². The van der Waals surface area contributed by atoms with E-state index in [0.29, 0.717) is 0 Å². The van der Waals surface area contributed by atoms with Gasteiger partial charge in [-0.25, -0.2) is 4.98 Å². The van der Waals surface area contributed by atoms with Crippen LogP contribution in [0.25, 0.3) is 5.69 Å². The number of piperazine rings is 1. The average molecular weight is 270 g/mol. The average Bonchev–Trinajstić information content (AvgIpc) is 3.02.